The first kappa shape index (κ1) is 17.3. The Kier molecular flexibility index (Phi) is 6.00. The van der Waals surface area contributed by atoms with Gasteiger partial charge in [-0.15, -0.1) is 0 Å². The summed E-state index contributed by atoms with van der Waals surface area (Å²) in [4.78, 5) is 23.7. The third kappa shape index (κ3) is 4.92. The minimum absolute atomic E-state index is 0.00616. The van der Waals surface area contributed by atoms with Crippen LogP contribution in [0.4, 0.5) is 0 Å². The summed E-state index contributed by atoms with van der Waals surface area (Å²) in [6, 6.07) is 2.85. The molecule has 0 aliphatic carbocycles. The van der Waals surface area contributed by atoms with Crippen molar-refractivity contribution >= 4 is 11.9 Å². The first-order valence-electron chi connectivity index (χ1n) is 7.24. The second kappa shape index (κ2) is 7.29. The molecule has 5 nitrogen and oxygen atoms in total. The fraction of sp³-hybridized carbons (Fsp3) is 0.625. The topological polar surface area (TPSA) is 65.7 Å². The van der Waals surface area contributed by atoms with E-state index in [0.29, 0.717) is 0 Å². The average molecular weight is 296 g/mol. The van der Waals surface area contributed by atoms with E-state index in [1.165, 1.54) is 12.1 Å². The SMILES string of the molecule is CC(C)C(C)OC(=O)c1ccc(C(=O)OC(C)C(C)C)o1. The molecular formula is C16H24O5. The highest BCUT2D eigenvalue weighted by molar-refractivity contribution is 5.91. The van der Waals surface area contributed by atoms with Crippen LogP contribution in [0, 0.1) is 11.8 Å². The summed E-state index contributed by atoms with van der Waals surface area (Å²) in [6.45, 7) is 11.4. The van der Waals surface area contributed by atoms with Crippen molar-refractivity contribution in [3.8, 4) is 0 Å². The van der Waals surface area contributed by atoms with Gasteiger partial charge in [0.15, 0.2) is 0 Å². The van der Waals surface area contributed by atoms with Crippen molar-refractivity contribution in [3.05, 3.63) is 23.7 Å². The van der Waals surface area contributed by atoms with Gasteiger partial charge in [0.1, 0.15) is 12.2 Å². The Hall–Kier alpha value is -1.78. The standard InChI is InChI=1S/C16H24O5/c1-9(2)11(5)19-15(17)13-7-8-14(21-13)16(18)20-12(6)10(3)4/h7-12H,1-6H3. The van der Waals surface area contributed by atoms with Crippen LogP contribution in [0.3, 0.4) is 0 Å². The largest absolute Gasteiger partial charge is 0.457 e. The van der Waals surface area contributed by atoms with Crippen LogP contribution in [-0.4, -0.2) is 24.1 Å². The van der Waals surface area contributed by atoms with Crippen LogP contribution < -0.4 is 0 Å². The summed E-state index contributed by atoms with van der Waals surface area (Å²) in [5.41, 5.74) is 0. The molecule has 0 spiro atoms. The van der Waals surface area contributed by atoms with Crippen molar-refractivity contribution in [1.29, 1.82) is 0 Å². The van der Waals surface area contributed by atoms with Gasteiger partial charge in [-0.1, -0.05) is 27.7 Å². The summed E-state index contributed by atoms with van der Waals surface area (Å²) in [5.74, 6) is -0.724. The fourth-order valence-electron chi connectivity index (χ4n) is 1.28. The lowest BCUT2D eigenvalue weighted by atomic mass is 10.1. The van der Waals surface area contributed by atoms with Gasteiger partial charge < -0.3 is 13.9 Å². The lowest BCUT2D eigenvalue weighted by Crippen LogP contribution is -2.20. The zero-order valence-electron chi connectivity index (χ0n) is 13.5. The van der Waals surface area contributed by atoms with Gasteiger partial charge in [0.25, 0.3) is 0 Å². The lowest BCUT2D eigenvalue weighted by Gasteiger charge is -2.16. The molecule has 0 radical (unpaired) electrons. The quantitative estimate of drug-likeness (QED) is 0.749. The molecule has 21 heavy (non-hydrogen) atoms. The molecule has 0 bridgehead atoms. The molecule has 1 rings (SSSR count). The minimum atomic E-state index is -0.577. The van der Waals surface area contributed by atoms with Crippen LogP contribution in [0.2, 0.25) is 0 Å². The van der Waals surface area contributed by atoms with Crippen LogP contribution in [0.1, 0.15) is 62.7 Å². The Morgan fingerprint density at radius 2 is 1.14 bits per heavy atom. The molecule has 1 aromatic rings. The zero-order chi connectivity index (χ0) is 16.2. The minimum Gasteiger partial charge on any atom is -0.457 e. The Morgan fingerprint density at radius 1 is 0.810 bits per heavy atom. The van der Waals surface area contributed by atoms with Crippen LogP contribution in [0.25, 0.3) is 0 Å². The number of carbonyl (C=O) groups is 2. The monoisotopic (exact) mass is 296 g/mol. The highest BCUT2D eigenvalue weighted by Crippen LogP contribution is 2.15. The van der Waals surface area contributed by atoms with Gasteiger partial charge in [-0.3, -0.25) is 0 Å². The van der Waals surface area contributed by atoms with E-state index in [9.17, 15) is 9.59 Å². The number of rotatable bonds is 6. The summed E-state index contributed by atoms with van der Waals surface area (Å²) in [5, 5.41) is 0. The van der Waals surface area contributed by atoms with Gasteiger partial charge >= 0.3 is 11.9 Å². The van der Waals surface area contributed by atoms with Gasteiger partial charge in [0.05, 0.1) is 0 Å². The second-order valence-electron chi connectivity index (χ2n) is 5.87. The number of hydrogen-bond acceptors (Lipinski definition) is 5. The summed E-state index contributed by atoms with van der Waals surface area (Å²) < 4.78 is 15.7. The van der Waals surface area contributed by atoms with Crippen LogP contribution in [-0.2, 0) is 9.47 Å². The fourth-order valence-corrected chi connectivity index (χ4v) is 1.28. The zero-order valence-corrected chi connectivity index (χ0v) is 13.5. The Bertz CT molecular complexity index is 444. The molecule has 2 unspecified atom stereocenters. The van der Waals surface area contributed by atoms with E-state index in [1.807, 2.05) is 41.5 Å². The van der Waals surface area contributed by atoms with Gasteiger partial charge in [0.2, 0.25) is 11.5 Å². The van der Waals surface area contributed by atoms with E-state index in [4.69, 9.17) is 13.9 Å². The Morgan fingerprint density at radius 3 is 1.43 bits per heavy atom. The summed E-state index contributed by atoms with van der Waals surface area (Å²) in [7, 11) is 0. The molecule has 0 aliphatic rings. The van der Waals surface area contributed by atoms with Crippen LogP contribution >= 0.6 is 0 Å². The lowest BCUT2D eigenvalue weighted by molar-refractivity contribution is 0.0169. The average Bonchev–Trinajstić information content (AvgIpc) is 2.87. The van der Waals surface area contributed by atoms with E-state index in [2.05, 4.69) is 0 Å². The molecule has 5 heteroatoms. The normalized spacial score (nSPS) is 14.1. The van der Waals surface area contributed by atoms with Crippen molar-refractivity contribution < 1.29 is 23.5 Å². The van der Waals surface area contributed by atoms with Gasteiger partial charge in [0, 0.05) is 0 Å². The van der Waals surface area contributed by atoms with Crippen LogP contribution in [0.15, 0.2) is 16.5 Å². The Labute approximate surface area is 125 Å². The third-order valence-electron chi connectivity index (χ3n) is 3.47. The van der Waals surface area contributed by atoms with E-state index in [1.54, 1.807) is 0 Å². The van der Waals surface area contributed by atoms with Crippen LogP contribution in [0.5, 0.6) is 0 Å². The van der Waals surface area contributed by atoms with E-state index < -0.39 is 11.9 Å². The molecule has 2 atom stereocenters. The number of carbonyl (C=O) groups excluding carboxylic acids is 2. The summed E-state index contributed by atoms with van der Waals surface area (Å²) in [6.07, 6.45) is -0.446. The molecule has 1 heterocycles. The maximum absolute atomic E-state index is 11.9. The first-order valence-corrected chi connectivity index (χ1v) is 7.24. The highest BCUT2D eigenvalue weighted by Gasteiger charge is 2.22. The maximum atomic E-state index is 11.9. The van der Waals surface area contributed by atoms with E-state index in [-0.39, 0.29) is 35.6 Å². The first-order chi connectivity index (χ1) is 9.72. The molecule has 0 N–H and O–H groups in total. The number of esters is 2. The molecule has 0 saturated carbocycles. The second-order valence-corrected chi connectivity index (χ2v) is 5.87. The van der Waals surface area contributed by atoms with E-state index >= 15 is 0 Å². The number of furan rings is 1. The predicted octanol–water partition coefficient (Wildman–Crippen LogP) is 3.68. The smallest absolute Gasteiger partial charge is 0.374 e. The molecule has 0 saturated heterocycles. The van der Waals surface area contributed by atoms with Crippen molar-refractivity contribution in [2.45, 2.75) is 53.8 Å². The molecule has 1 aromatic heterocycles. The van der Waals surface area contributed by atoms with Crippen molar-refractivity contribution in [2.24, 2.45) is 11.8 Å². The molecule has 0 amide bonds. The molecule has 0 aliphatic heterocycles. The van der Waals surface area contributed by atoms with Gasteiger partial charge in [-0.25, -0.2) is 9.59 Å². The van der Waals surface area contributed by atoms with Crippen molar-refractivity contribution in [2.75, 3.05) is 0 Å². The van der Waals surface area contributed by atoms with E-state index in [0.717, 1.165) is 0 Å². The number of ether oxygens (including phenoxy) is 2. The van der Waals surface area contributed by atoms with Crippen molar-refractivity contribution in [1.82, 2.24) is 0 Å². The molecular weight excluding hydrogens is 272 g/mol. The third-order valence-corrected chi connectivity index (χ3v) is 3.47. The molecule has 0 aromatic carbocycles. The molecule has 0 fully saturated rings. The van der Waals surface area contributed by atoms with Gasteiger partial charge in [-0.2, -0.15) is 0 Å². The Balaban J connectivity index is 2.68. The number of hydrogen-bond donors (Lipinski definition) is 0. The highest BCUT2D eigenvalue weighted by atomic mass is 16.6. The van der Waals surface area contributed by atoms with Crippen molar-refractivity contribution in [3.63, 3.8) is 0 Å². The summed E-state index contributed by atoms with van der Waals surface area (Å²) >= 11 is 0. The maximum Gasteiger partial charge on any atom is 0.374 e. The van der Waals surface area contributed by atoms with Gasteiger partial charge in [-0.05, 0) is 37.8 Å². The predicted molar refractivity (Wildman–Crippen MR) is 78.1 cm³/mol. The molecule has 118 valence electrons.